The van der Waals surface area contributed by atoms with Crippen molar-refractivity contribution in [2.45, 2.75) is 6.42 Å². The van der Waals surface area contributed by atoms with Crippen molar-refractivity contribution in [1.82, 2.24) is 0 Å². The number of carbonyl (C=O) groups is 1. The van der Waals surface area contributed by atoms with Gasteiger partial charge in [0.1, 0.15) is 0 Å². The molecule has 0 radical (unpaired) electrons. The number of benzene rings is 1. The van der Waals surface area contributed by atoms with Crippen molar-refractivity contribution in [2.75, 3.05) is 17.2 Å². The minimum absolute atomic E-state index is 0.155. The van der Waals surface area contributed by atoms with Crippen molar-refractivity contribution in [3.05, 3.63) is 27.7 Å². The summed E-state index contributed by atoms with van der Waals surface area (Å²) < 4.78 is 0.855. The van der Waals surface area contributed by atoms with Crippen molar-refractivity contribution in [3.63, 3.8) is 0 Å². The lowest BCUT2D eigenvalue weighted by molar-refractivity contribution is -0.117. The Balaban J connectivity index is 2.28. The van der Waals surface area contributed by atoms with Gasteiger partial charge in [0, 0.05) is 22.5 Å². The molecule has 1 atom stereocenters. The maximum absolute atomic E-state index is 11.8. The van der Waals surface area contributed by atoms with Crippen LogP contribution in [0.4, 0.5) is 5.69 Å². The Kier molecular flexibility index (Phi) is 3.82. The van der Waals surface area contributed by atoms with Crippen molar-refractivity contribution < 1.29 is 4.79 Å². The molecule has 0 saturated carbocycles. The van der Waals surface area contributed by atoms with Crippen LogP contribution in [-0.2, 0) is 4.79 Å². The molecule has 1 aromatic rings. The van der Waals surface area contributed by atoms with Crippen molar-refractivity contribution in [3.8, 4) is 0 Å². The predicted molar refractivity (Wildman–Crippen MR) is 73.5 cm³/mol. The van der Waals surface area contributed by atoms with Gasteiger partial charge in [0.05, 0.1) is 5.69 Å². The fourth-order valence-corrected chi connectivity index (χ4v) is 2.98. The third-order valence-electron chi connectivity index (χ3n) is 2.66. The monoisotopic (exact) mass is 319 g/mol. The van der Waals surface area contributed by atoms with Crippen LogP contribution in [0.25, 0.3) is 0 Å². The molecule has 0 spiro atoms. The molecule has 1 aromatic carbocycles. The number of hydrogen-bond donors (Lipinski definition) is 1. The Morgan fingerprint density at radius 2 is 2.31 bits per heavy atom. The third kappa shape index (κ3) is 2.39. The van der Waals surface area contributed by atoms with E-state index in [-0.39, 0.29) is 5.91 Å². The van der Waals surface area contributed by atoms with Gasteiger partial charge in [0.2, 0.25) is 5.91 Å². The molecular weight excluding hydrogens is 310 g/mol. The average Bonchev–Trinajstić information content (AvgIpc) is 2.60. The summed E-state index contributed by atoms with van der Waals surface area (Å²) in [7, 11) is 0. The van der Waals surface area contributed by atoms with E-state index in [0.717, 1.165) is 22.5 Å². The lowest BCUT2D eigenvalue weighted by Gasteiger charge is -2.18. The van der Waals surface area contributed by atoms with E-state index < -0.39 is 0 Å². The summed E-state index contributed by atoms with van der Waals surface area (Å²) in [5.41, 5.74) is 0.888. The average molecular weight is 321 g/mol. The molecule has 1 aliphatic heterocycles. The number of nitrogens with zero attached hydrogens (tertiary/aromatic N) is 1. The number of halogens is 2. The normalized spacial score (nSPS) is 20.6. The van der Waals surface area contributed by atoms with Crippen molar-refractivity contribution >= 4 is 51.8 Å². The molecule has 0 aliphatic carbocycles. The summed E-state index contributed by atoms with van der Waals surface area (Å²) in [6, 6.07) is 5.46. The summed E-state index contributed by atoms with van der Waals surface area (Å²) in [4.78, 5) is 13.6. The number of rotatable bonds is 2. The van der Waals surface area contributed by atoms with Gasteiger partial charge in [-0.3, -0.25) is 4.79 Å². The molecule has 5 heteroatoms. The summed E-state index contributed by atoms with van der Waals surface area (Å²) in [6.07, 6.45) is 0.582. The Labute approximate surface area is 113 Å². The first-order valence-corrected chi connectivity index (χ1v) is 6.78. The summed E-state index contributed by atoms with van der Waals surface area (Å²) in [6.45, 7) is 0.739. The summed E-state index contributed by atoms with van der Waals surface area (Å²) in [5.74, 6) is 1.24. The molecule has 1 saturated heterocycles. The zero-order chi connectivity index (χ0) is 11.7. The third-order valence-corrected chi connectivity index (χ3v) is 4.05. The van der Waals surface area contributed by atoms with Gasteiger partial charge in [-0.05, 0) is 45.8 Å². The molecule has 16 heavy (non-hydrogen) atoms. The van der Waals surface area contributed by atoms with Crippen LogP contribution in [0.1, 0.15) is 6.42 Å². The van der Waals surface area contributed by atoms with E-state index in [9.17, 15) is 4.79 Å². The zero-order valence-corrected chi connectivity index (χ0v) is 11.7. The van der Waals surface area contributed by atoms with Gasteiger partial charge in [-0.1, -0.05) is 11.6 Å². The molecule has 1 aliphatic rings. The van der Waals surface area contributed by atoms with Crippen LogP contribution >= 0.6 is 40.2 Å². The van der Waals surface area contributed by atoms with E-state index in [1.807, 2.05) is 6.07 Å². The van der Waals surface area contributed by atoms with Gasteiger partial charge < -0.3 is 4.90 Å². The van der Waals surface area contributed by atoms with Crippen molar-refractivity contribution in [2.24, 2.45) is 5.92 Å². The second-order valence-electron chi connectivity index (χ2n) is 3.85. The molecule has 0 bridgehead atoms. The molecule has 1 unspecified atom stereocenters. The lowest BCUT2D eigenvalue weighted by atomic mass is 10.1. The van der Waals surface area contributed by atoms with Gasteiger partial charge in [-0.2, -0.15) is 12.6 Å². The van der Waals surface area contributed by atoms with Crippen molar-refractivity contribution in [1.29, 1.82) is 0 Å². The zero-order valence-electron chi connectivity index (χ0n) is 8.49. The number of hydrogen-bond acceptors (Lipinski definition) is 2. The molecular formula is C11H11BrClNOS. The maximum atomic E-state index is 11.8. The van der Waals surface area contributed by atoms with Crippen LogP contribution in [0.2, 0.25) is 5.02 Å². The number of thiol groups is 1. The first-order chi connectivity index (χ1) is 7.61. The fourth-order valence-electron chi connectivity index (χ4n) is 1.84. The van der Waals surface area contributed by atoms with Gasteiger partial charge in [-0.15, -0.1) is 0 Å². The highest BCUT2D eigenvalue weighted by molar-refractivity contribution is 9.10. The maximum Gasteiger partial charge on any atom is 0.227 e. The highest BCUT2D eigenvalue weighted by atomic mass is 79.9. The second-order valence-corrected chi connectivity index (χ2v) is 5.51. The Bertz CT molecular complexity index is 426. The van der Waals surface area contributed by atoms with Crippen LogP contribution in [0.5, 0.6) is 0 Å². The number of carbonyl (C=O) groups excluding carboxylic acids is 1. The molecule has 2 nitrogen and oxygen atoms in total. The van der Waals surface area contributed by atoms with Crippen LogP contribution in [0.15, 0.2) is 22.7 Å². The first kappa shape index (κ1) is 12.3. The minimum atomic E-state index is 0.155. The molecule has 1 amide bonds. The van der Waals surface area contributed by atoms with Crippen LogP contribution < -0.4 is 4.90 Å². The molecule has 2 rings (SSSR count). The van der Waals surface area contributed by atoms with Gasteiger partial charge in [-0.25, -0.2) is 0 Å². The molecule has 0 N–H and O–H groups in total. The van der Waals surface area contributed by atoms with Gasteiger partial charge in [0.25, 0.3) is 0 Å². The Morgan fingerprint density at radius 3 is 2.88 bits per heavy atom. The standard InChI is InChI=1S/C11H11BrClNOS/c12-9-4-8(13)1-2-10(9)14-5-7(6-16)3-11(14)15/h1-2,4,7,16H,3,5-6H2. The lowest BCUT2D eigenvalue weighted by Crippen LogP contribution is -2.24. The quantitative estimate of drug-likeness (QED) is 0.828. The van der Waals surface area contributed by atoms with Crippen LogP contribution in [0, 0.1) is 5.92 Å². The van der Waals surface area contributed by atoms with E-state index in [1.165, 1.54) is 0 Å². The highest BCUT2D eigenvalue weighted by Gasteiger charge is 2.30. The summed E-state index contributed by atoms with van der Waals surface area (Å²) in [5, 5.41) is 0.660. The topological polar surface area (TPSA) is 20.3 Å². The Hall–Kier alpha value is -0.190. The number of amides is 1. The SMILES string of the molecule is O=C1CC(CS)CN1c1ccc(Cl)cc1Br. The largest absolute Gasteiger partial charge is 0.311 e. The van der Waals surface area contributed by atoms with Crippen LogP contribution in [-0.4, -0.2) is 18.2 Å². The number of anilines is 1. The fraction of sp³-hybridized carbons (Fsp3) is 0.364. The second kappa shape index (κ2) is 4.98. The van der Waals surface area contributed by atoms with E-state index in [1.54, 1.807) is 17.0 Å². The van der Waals surface area contributed by atoms with Gasteiger partial charge >= 0.3 is 0 Å². The minimum Gasteiger partial charge on any atom is -0.311 e. The van der Waals surface area contributed by atoms with E-state index in [4.69, 9.17) is 11.6 Å². The van der Waals surface area contributed by atoms with E-state index >= 15 is 0 Å². The van der Waals surface area contributed by atoms with Crippen LogP contribution in [0.3, 0.4) is 0 Å². The Morgan fingerprint density at radius 1 is 1.56 bits per heavy atom. The van der Waals surface area contributed by atoms with E-state index in [2.05, 4.69) is 28.6 Å². The van der Waals surface area contributed by atoms with Gasteiger partial charge in [0.15, 0.2) is 0 Å². The molecule has 1 fully saturated rings. The first-order valence-electron chi connectivity index (χ1n) is 4.98. The molecule has 1 heterocycles. The predicted octanol–water partition coefficient (Wildman–Crippen LogP) is 3.39. The van der Waals surface area contributed by atoms with E-state index in [0.29, 0.717) is 17.4 Å². The summed E-state index contributed by atoms with van der Waals surface area (Å²) >= 11 is 13.5. The molecule has 0 aromatic heterocycles. The highest BCUT2D eigenvalue weighted by Crippen LogP contribution is 2.33. The smallest absolute Gasteiger partial charge is 0.227 e. The molecule has 86 valence electrons.